The van der Waals surface area contributed by atoms with E-state index in [9.17, 15) is 4.57 Å². The Labute approximate surface area is 169 Å². The number of hydrogen-bond donors (Lipinski definition) is 2. The first-order valence-electron chi connectivity index (χ1n) is 10.6. The molecule has 0 radical (unpaired) electrons. The van der Waals surface area contributed by atoms with Gasteiger partial charge in [0.1, 0.15) is 0 Å². The van der Waals surface area contributed by atoms with Gasteiger partial charge < -0.3 is 14.7 Å². The Morgan fingerprint density at radius 2 is 1.93 bits per heavy atom. The molecule has 2 atom stereocenters. The molecule has 0 aliphatic heterocycles. The largest absolute Gasteiger partial charge is 0.326 e. The van der Waals surface area contributed by atoms with Gasteiger partial charge >= 0.3 is 8.25 Å². The van der Waals surface area contributed by atoms with Crippen molar-refractivity contribution < 1.29 is 14.0 Å². The minimum atomic E-state index is -2.82. The molecule has 2 unspecified atom stereocenters. The average Bonchev–Trinajstić information content (AvgIpc) is 2.70. The van der Waals surface area contributed by atoms with E-state index in [2.05, 4.69) is 42.3 Å². The van der Waals surface area contributed by atoms with Crippen molar-refractivity contribution in [1.82, 2.24) is 10.3 Å². The average molecular weight is 407 g/mol. The van der Waals surface area contributed by atoms with Crippen LogP contribution in [-0.2, 0) is 15.5 Å². The van der Waals surface area contributed by atoms with Crippen molar-refractivity contribution >= 4 is 19.2 Å². The summed E-state index contributed by atoms with van der Waals surface area (Å²) in [5.74, 6) is 0. The summed E-state index contributed by atoms with van der Waals surface area (Å²) >= 11 is 0. The van der Waals surface area contributed by atoms with Gasteiger partial charge in [-0.2, -0.15) is 0 Å². The van der Waals surface area contributed by atoms with Crippen LogP contribution in [0.4, 0.5) is 0 Å². The standard InChI is InChI=1S/C22H35N2O3P/c1-3-4-5-6-7-8-11-19-13-14-20(22-21(19)12-9-15-24-22)18(2)23-16-10-17-27-28(25)26/h9,12-15,18,23,28H,3-8,10-11,16-17H2,1-2H3,(H,25,26). The predicted molar refractivity (Wildman–Crippen MR) is 117 cm³/mol. The summed E-state index contributed by atoms with van der Waals surface area (Å²) in [6, 6.07) is 8.81. The summed E-state index contributed by atoms with van der Waals surface area (Å²) < 4.78 is 15.3. The lowest BCUT2D eigenvalue weighted by molar-refractivity contribution is 0.275. The van der Waals surface area contributed by atoms with E-state index in [4.69, 9.17) is 9.42 Å². The second kappa shape index (κ2) is 13.1. The fourth-order valence-electron chi connectivity index (χ4n) is 3.58. The van der Waals surface area contributed by atoms with Gasteiger partial charge in [0.05, 0.1) is 12.1 Å². The van der Waals surface area contributed by atoms with Crippen LogP contribution in [0.2, 0.25) is 0 Å². The number of aromatic nitrogens is 1. The molecule has 2 aromatic rings. The lowest BCUT2D eigenvalue weighted by Crippen LogP contribution is -2.21. The second-order valence-electron chi connectivity index (χ2n) is 7.37. The second-order valence-corrected chi connectivity index (χ2v) is 8.20. The summed E-state index contributed by atoms with van der Waals surface area (Å²) in [5.41, 5.74) is 3.65. The molecular weight excluding hydrogens is 371 g/mol. The van der Waals surface area contributed by atoms with Crippen LogP contribution in [0.15, 0.2) is 30.5 Å². The van der Waals surface area contributed by atoms with Crippen molar-refractivity contribution in [2.45, 2.75) is 71.3 Å². The van der Waals surface area contributed by atoms with E-state index < -0.39 is 8.25 Å². The number of nitrogens with one attached hydrogen (secondary N) is 1. The highest BCUT2D eigenvalue weighted by Crippen LogP contribution is 2.27. The molecule has 28 heavy (non-hydrogen) atoms. The smallest absolute Gasteiger partial charge is 0.316 e. The number of aryl methyl sites for hydroxylation is 1. The third kappa shape index (κ3) is 7.63. The number of hydrogen-bond acceptors (Lipinski definition) is 4. The Kier molecular flexibility index (Phi) is 10.7. The fraction of sp³-hybridized carbons (Fsp3) is 0.591. The van der Waals surface area contributed by atoms with Gasteiger partial charge in [0, 0.05) is 17.6 Å². The Bertz CT molecular complexity index is 739. The van der Waals surface area contributed by atoms with Gasteiger partial charge in [0.25, 0.3) is 0 Å². The molecule has 156 valence electrons. The predicted octanol–water partition coefficient (Wildman–Crippen LogP) is 5.58. The van der Waals surface area contributed by atoms with Crippen molar-refractivity contribution in [3.63, 3.8) is 0 Å². The molecule has 6 heteroatoms. The van der Waals surface area contributed by atoms with Crippen LogP contribution in [0.5, 0.6) is 0 Å². The molecule has 1 aromatic carbocycles. The molecular formula is C22H35N2O3P. The third-order valence-corrected chi connectivity index (χ3v) is 5.61. The van der Waals surface area contributed by atoms with E-state index >= 15 is 0 Å². The van der Waals surface area contributed by atoms with E-state index in [1.54, 1.807) is 0 Å². The minimum absolute atomic E-state index is 0.159. The number of nitrogens with zero attached hydrogens (tertiary/aromatic N) is 1. The summed E-state index contributed by atoms with van der Waals surface area (Å²) in [6.07, 6.45) is 11.5. The Hall–Kier alpha value is -1.26. The molecule has 0 saturated carbocycles. The Morgan fingerprint density at radius 3 is 2.71 bits per heavy atom. The number of rotatable bonds is 14. The van der Waals surface area contributed by atoms with Crippen molar-refractivity contribution in [2.24, 2.45) is 0 Å². The lowest BCUT2D eigenvalue weighted by Gasteiger charge is -2.17. The first kappa shape index (κ1) is 23.0. The molecule has 1 aromatic heterocycles. The van der Waals surface area contributed by atoms with Crippen LogP contribution in [0.1, 0.15) is 76.0 Å². The van der Waals surface area contributed by atoms with Gasteiger partial charge in [-0.3, -0.25) is 9.55 Å². The van der Waals surface area contributed by atoms with Crippen LogP contribution in [0.25, 0.3) is 10.9 Å². The third-order valence-electron chi connectivity index (χ3n) is 5.15. The Morgan fingerprint density at radius 1 is 1.14 bits per heavy atom. The number of fused-ring (bicyclic) bond motifs is 1. The molecule has 2 rings (SSSR count). The van der Waals surface area contributed by atoms with Gasteiger partial charge in [-0.05, 0) is 49.9 Å². The zero-order valence-corrected chi connectivity index (χ0v) is 18.2. The van der Waals surface area contributed by atoms with Crippen molar-refractivity contribution in [3.8, 4) is 0 Å². The van der Waals surface area contributed by atoms with E-state index in [-0.39, 0.29) is 6.04 Å². The maximum Gasteiger partial charge on any atom is 0.316 e. The Balaban J connectivity index is 1.95. The maximum atomic E-state index is 10.6. The summed E-state index contributed by atoms with van der Waals surface area (Å²) in [4.78, 5) is 13.4. The molecule has 1 heterocycles. The molecule has 0 saturated heterocycles. The minimum Gasteiger partial charge on any atom is -0.326 e. The summed E-state index contributed by atoms with van der Waals surface area (Å²) in [6.45, 7) is 5.41. The molecule has 0 aliphatic rings. The van der Waals surface area contributed by atoms with Crippen LogP contribution in [0.3, 0.4) is 0 Å². The van der Waals surface area contributed by atoms with Crippen LogP contribution < -0.4 is 5.32 Å². The van der Waals surface area contributed by atoms with Gasteiger partial charge in [0.2, 0.25) is 0 Å². The van der Waals surface area contributed by atoms with Crippen molar-refractivity contribution in [2.75, 3.05) is 13.2 Å². The monoisotopic (exact) mass is 406 g/mol. The van der Waals surface area contributed by atoms with Crippen molar-refractivity contribution in [3.05, 3.63) is 41.6 Å². The number of pyridine rings is 1. The first-order chi connectivity index (χ1) is 13.6. The van der Waals surface area contributed by atoms with Gasteiger partial charge in [-0.25, -0.2) is 0 Å². The SMILES string of the molecule is CCCCCCCCc1ccc(C(C)NCCCO[PH](=O)O)c2ncccc12. The topological polar surface area (TPSA) is 71.5 Å². The molecule has 0 amide bonds. The molecule has 0 spiro atoms. The fourth-order valence-corrected chi connectivity index (χ4v) is 3.90. The zero-order chi connectivity index (χ0) is 20.2. The summed E-state index contributed by atoms with van der Waals surface area (Å²) in [7, 11) is -2.82. The van der Waals surface area contributed by atoms with Crippen LogP contribution in [-0.4, -0.2) is 23.0 Å². The zero-order valence-electron chi connectivity index (χ0n) is 17.2. The van der Waals surface area contributed by atoms with Crippen LogP contribution >= 0.6 is 8.25 Å². The summed E-state index contributed by atoms with van der Waals surface area (Å²) in [5, 5.41) is 4.72. The highest BCUT2D eigenvalue weighted by Gasteiger charge is 2.12. The maximum absolute atomic E-state index is 10.6. The molecule has 0 fully saturated rings. The van der Waals surface area contributed by atoms with Gasteiger partial charge in [0.15, 0.2) is 0 Å². The van der Waals surface area contributed by atoms with E-state index in [0.717, 1.165) is 18.5 Å². The lowest BCUT2D eigenvalue weighted by atomic mass is 9.96. The van der Waals surface area contributed by atoms with E-state index in [1.165, 1.54) is 55.0 Å². The van der Waals surface area contributed by atoms with Crippen LogP contribution in [0, 0.1) is 0 Å². The molecule has 0 aliphatic carbocycles. The normalized spacial score (nSPS) is 13.7. The first-order valence-corrected chi connectivity index (χ1v) is 11.9. The molecule has 2 N–H and O–H groups in total. The number of unbranched alkanes of at least 4 members (excludes halogenated alkanes) is 5. The van der Waals surface area contributed by atoms with Gasteiger partial charge in [-0.15, -0.1) is 0 Å². The molecule has 0 bridgehead atoms. The molecule has 5 nitrogen and oxygen atoms in total. The van der Waals surface area contributed by atoms with Crippen molar-refractivity contribution in [1.29, 1.82) is 0 Å². The highest BCUT2D eigenvalue weighted by atomic mass is 31.1. The quantitative estimate of drug-likeness (QED) is 0.317. The number of benzene rings is 1. The van der Waals surface area contributed by atoms with E-state index in [1.807, 2.05) is 12.3 Å². The highest BCUT2D eigenvalue weighted by molar-refractivity contribution is 7.32. The van der Waals surface area contributed by atoms with E-state index in [0.29, 0.717) is 13.0 Å². The van der Waals surface area contributed by atoms with Gasteiger partial charge in [-0.1, -0.05) is 57.2 Å².